The number of anilines is 1. The van der Waals surface area contributed by atoms with E-state index in [1.807, 2.05) is 54.3 Å². The van der Waals surface area contributed by atoms with Crippen LogP contribution in [0.15, 0.2) is 54.6 Å². The summed E-state index contributed by atoms with van der Waals surface area (Å²) in [5.74, 6) is 0.885. The van der Waals surface area contributed by atoms with Gasteiger partial charge in [0.05, 0.1) is 7.11 Å². The van der Waals surface area contributed by atoms with E-state index in [9.17, 15) is 4.79 Å². The van der Waals surface area contributed by atoms with Gasteiger partial charge in [0.25, 0.3) is 5.91 Å². The minimum atomic E-state index is 0.0327. The molecule has 4 rings (SSSR count). The van der Waals surface area contributed by atoms with Gasteiger partial charge in [0.15, 0.2) is 0 Å². The van der Waals surface area contributed by atoms with Crippen molar-refractivity contribution >= 4 is 22.9 Å². The Balaban J connectivity index is 1.43. The molecule has 0 aliphatic carbocycles. The number of thiazole rings is 1. The first-order valence-electron chi connectivity index (χ1n) is 9.37. The van der Waals surface area contributed by atoms with Crippen molar-refractivity contribution in [2.24, 2.45) is 0 Å². The van der Waals surface area contributed by atoms with Crippen molar-refractivity contribution in [1.82, 2.24) is 9.88 Å². The summed E-state index contributed by atoms with van der Waals surface area (Å²) >= 11 is 1.58. The highest BCUT2D eigenvalue weighted by Crippen LogP contribution is 2.28. The van der Waals surface area contributed by atoms with E-state index in [0.29, 0.717) is 18.8 Å². The molecule has 1 aromatic heterocycles. The Morgan fingerprint density at radius 1 is 1.00 bits per heavy atom. The number of benzene rings is 2. The summed E-state index contributed by atoms with van der Waals surface area (Å²) < 4.78 is 5.22. The van der Waals surface area contributed by atoms with Crippen LogP contribution in [0.5, 0.6) is 5.75 Å². The van der Waals surface area contributed by atoms with Gasteiger partial charge in [-0.2, -0.15) is 0 Å². The zero-order chi connectivity index (χ0) is 19.5. The fourth-order valence-electron chi connectivity index (χ4n) is 3.41. The second-order valence-electron chi connectivity index (χ2n) is 6.77. The summed E-state index contributed by atoms with van der Waals surface area (Å²) in [5.41, 5.74) is 2.80. The second-order valence-corrected chi connectivity index (χ2v) is 7.97. The lowest BCUT2D eigenvalue weighted by Crippen LogP contribution is -2.49. The largest absolute Gasteiger partial charge is 0.497 e. The molecule has 0 atom stereocenters. The summed E-state index contributed by atoms with van der Waals surface area (Å²) in [6.45, 7) is 5.00. The van der Waals surface area contributed by atoms with Crippen molar-refractivity contribution in [3.63, 3.8) is 0 Å². The molecule has 2 aromatic carbocycles. The molecule has 28 heavy (non-hydrogen) atoms. The average molecular weight is 394 g/mol. The number of hydrogen-bond donors (Lipinski definition) is 0. The lowest BCUT2D eigenvalue weighted by molar-refractivity contribution is 0.0741. The number of carbonyl (C=O) groups excluding carboxylic acids is 1. The lowest BCUT2D eigenvalue weighted by Gasteiger charge is -2.36. The highest BCUT2D eigenvalue weighted by atomic mass is 32.1. The SMILES string of the molecule is COc1ccc(N2CCN(C(=O)c3nc(-c4ccccc4)sc3C)CC2)cc1. The third kappa shape index (κ3) is 3.73. The molecule has 1 aliphatic heterocycles. The van der Waals surface area contributed by atoms with Gasteiger partial charge in [0.2, 0.25) is 0 Å². The van der Waals surface area contributed by atoms with E-state index in [-0.39, 0.29) is 5.91 Å². The van der Waals surface area contributed by atoms with E-state index < -0.39 is 0 Å². The van der Waals surface area contributed by atoms with Crippen molar-refractivity contribution in [1.29, 1.82) is 0 Å². The molecule has 0 saturated carbocycles. The molecule has 6 heteroatoms. The molecule has 5 nitrogen and oxygen atoms in total. The van der Waals surface area contributed by atoms with Crippen LogP contribution >= 0.6 is 11.3 Å². The summed E-state index contributed by atoms with van der Waals surface area (Å²) in [6, 6.07) is 18.1. The Kier molecular flexibility index (Phi) is 5.30. The molecule has 0 bridgehead atoms. The van der Waals surface area contributed by atoms with Crippen LogP contribution in [0.3, 0.4) is 0 Å². The maximum absolute atomic E-state index is 13.0. The molecule has 1 fully saturated rings. The van der Waals surface area contributed by atoms with Crippen molar-refractivity contribution in [3.05, 3.63) is 65.2 Å². The Morgan fingerprint density at radius 2 is 1.68 bits per heavy atom. The van der Waals surface area contributed by atoms with Gasteiger partial charge >= 0.3 is 0 Å². The number of ether oxygens (including phenoxy) is 1. The van der Waals surface area contributed by atoms with Crippen molar-refractivity contribution in [2.45, 2.75) is 6.92 Å². The number of hydrogen-bond acceptors (Lipinski definition) is 5. The molecule has 2 heterocycles. The van der Waals surface area contributed by atoms with Gasteiger partial charge in [-0.05, 0) is 31.2 Å². The lowest BCUT2D eigenvalue weighted by atomic mass is 10.2. The number of amides is 1. The minimum Gasteiger partial charge on any atom is -0.497 e. The minimum absolute atomic E-state index is 0.0327. The van der Waals surface area contributed by atoms with Crippen molar-refractivity contribution in [3.8, 4) is 16.3 Å². The van der Waals surface area contributed by atoms with Gasteiger partial charge in [-0.1, -0.05) is 30.3 Å². The third-order valence-corrected chi connectivity index (χ3v) is 6.04. The van der Waals surface area contributed by atoms with Crippen LogP contribution in [-0.4, -0.2) is 49.1 Å². The van der Waals surface area contributed by atoms with Crippen LogP contribution in [-0.2, 0) is 0 Å². The predicted octanol–water partition coefficient (Wildman–Crippen LogP) is 4.09. The zero-order valence-corrected chi connectivity index (χ0v) is 16.9. The van der Waals surface area contributed by atoms with Gasteiger partial charge < -0.3 is 14.5 Å². The third-order valence-electron chi connectivity index (χ3n) is 5.02. The van der Waals surface area contributed by atoms with Crippen LogP contribution in [0.4, 0.5) is 5.69 Å². The number of nitrogens with zero attached hydrogens (tertiary/aromatic N) is 3. The van der Waals surface area contributed by atoms with E-state index in [0.717, 1.165) is 40.0 Å². The number of aromatic nitrogens is 1. The predicted molar refractivity (Wildman–Crippen MR) is 113 cm³/mol. The first-order valence-corrected chi connectivity index (χ1v) is 10.2. The fraction of sp³-hybridized carbons (Fsp3) is 0.273. The molecule has 144 valence electrons. The maximum atomic E-state index is 13.0. The topological polar surface area (TPSA) is 45.7 Å². The van der Waals surface area contributed by atoms with Gasteiger partial charge in [-0.15, -0.1) is 11.3 Å². The van der Waals surface area contributed by atoms with Gasteiger partial charge in [0, 0.05) is 42.3 Å². The average Bonchev–Trinajstić information content (AvgIpc) is 3.16. The maximum Gasteiger partial charge on any atom is 0.273 e. The zero-order valence-electron chi connectivity index (χ0n) is 16.1. The van der Waals surface area contributed by atoms with Gasteiger partial charge in [-0.3, -0.25) is 4.79 Å². The quantitative estimate of drug-likeness (QED) is 0.670. The van der Waals surface area contributed by atoms with Gasteiger partial charge in [0.1, 0.15) is 16.5 Å². The summed E-state index contributed by atoms with van der Waals surface area (Å²) in [4.78, 5) is 22.9. The second kappa shape index (κ2) is 8.02. The fourth-order valence-corrected chi connectivity index (χ4v) is 4.32. The number of carbonyl (C=O) groups is 1. The number of rotatable bonds is 4. The first-order chi connectivity index (χ1) is 13.7. The summed E-state index contributed by atoms with van der Waals surface area (Å²) in [5, 5.41) is 0.901. The van der Waals surface area contributed by atoms with E-state index in [1.165, 1.54) is 0 Å². The Hall–Kier alpha value is -2.86. The van der Waals surface area contributed by atoms with Crippen LogP contribution < -0.4 is 9.64 Å². The van der Waals surface area contributed by atoms with Crippen LogP contribution in [0.25, 0.3) is 10.6 Å². The smallest absolute Gasteiger partial charge is 0.273 e. The van der Waals surface area contributed by atoms with Gasteiger partial charge in [-0.25, -0.2) is 4.98 Å². The summed E-state index contributed by atoms with van der Waals surface area (Å²) in [7, 11) is 1.67. The molecule has 0 N–H and O–H groups in total. The highest BCUT2D eigenvalue weighted by Gasteiger charge is 2.26. The van der Waals surface area contributed by atoms with Crippen LogP contribution in [0, 0.1) is 6.92 Å². The Labute approximate surface area is 169 Å². The monoisotopic (exact) mass is 393 g/mol. The highest BCUT2D eigenvalue weighted by molar-refractivity contribution is 7.15. The standard InChI is InChI=1S/C22H23N3O2S/c1-16-20(23-21(28-16)17-6-4-3-5-7-17)22(26)25-14-12-24(13-15-25)18-8-10-19(27-2)11-9-18/h3-11H,12-15H2,1-2H3. The van der Waals surface area contributed by atoms with Crippen LogP contribution in [0.2, 0.25) is 0 Å². The normalized spacial score (nSPS) is 14.2. The van der Waals surface area contributed by atoms with E-state index >= 15 is 0 Å². The Morgan fingerprint density at radius 3 is 2.32 bits per heavy atom. The van der Waals surface area contributed by atoms with Crippen LogP contribution in [0.1, 0.15) is 15.4 Å². The molecule has 1 saturated heterocycles. The molecular weight excluding hydrogens is 370 g/mol. The van der Waals surface area contributed by atoms with Crippen molar-refractivity contribution < 1.29 is 9.53 Å². The molecule has 0 radical (unpaired) electrons. The van der Waals surface area contributed by atoms with E-state index in [2.05, 4.69) is 22.0 Å². The Bertz CT molecular complexity index is 946. The molecule has 3 aromatic rings. The molecular formula is C22H23N3O2S. The first kappa shape index (κ1) is 18.5. The summed E-state index contributed by atoms with van der Waals surface area (Å²) in [6.07, 6.45) is 0. The van der Waals surface area contributed by atoms with Crippen molar-refractivity contribution in [2.75, 3.05) is 38.2 Å². The van der Waals surface area contributed by atoms with E-state index in [4.69, 9.17) is 4.74 Å². The molecule has 1 aliphatic rings. The molecule has 0 unspecified atom stereocenters. The number of piperazine rings is 1. The molecule has 1 amide bonds. The molecule has 0 spiro atoms. The number of aryl methyl sites for hydroxylation is 1. The van der Waals surface area contributed by atoms with E-state index in [1.54, 1.807) is 18.4 Å². The number of methoxy groups -OCH3 is 1.